The molecule has 0 aliphatic carbocycles. The van der Waals surface area contributed by atoms with Crippen molar-refractivity contribution in [3.63, 3.8) is 0 Å². The third-order valence-corrected chi connectivity index (χ3v) is 1.53. The highest BCUT2D eigenvalue weighted by Gasteiger charge is 2.64. The Bertz CT molecular complexity index is 338. The quantitative estimate of drug-likeness (QED) is 0.524. The molecule has 1 heterocycles. The van der Waals surface area contributed by atoms with Gasteiger partial charge in [-0.05, 0) is 0 Å². The number of rotatable bonds is 2. The molecule has 0 saturated carbocycles. The minimum absolute atomic E-state index is 0.228. The van der Waals surface area contributed by atoms with Gasteiger partial charge in [0.1, 0.15) is 12.4 Å². The first-order chi connectivity index (χ1) is 6.29. The number of nitrogens with zero attached hydrogens (tertiary/aromatic N) is 2. The van der Waals surface area contributed by atoms with E-state index in [4.69, 9.17) is 0 Å². The topological polar surface area (TPSA) is 8.81 Å². The van der Waals surface area contributed by atoms with Gasteiger partial charge in [0.25, 0.3) is 6.33 Å². The van der Waals surface area contributed by atoms with Crippen molar-refractivity contribution in [3.8, 4) is 0 Å². The summed E-state index contributed by atoms with van der Waals surface area (Å²) in [4.78, 5) is 0. The van der Waals surface area contributed by atoms with Crippen LogP contribution in [0.25, 0.3) is 6.20 Å². The summed E-state index contributed by atoms with van der Waals surface area (Å²) in [5.41, 5.74) is 0. The van der Waals surface area contributed by atoms with Gasteiger partial charge in [0.15, 0.2) is 0 Å². The van der Waals surface area contributed by atoms with Crippen LogP contribution < -0.4 is 4.57 Å². The van der Waals surface area contributed by atoms with Crippen LogP contribution in [0.4, 0.5) is 22.0 Å². The normalized spacial score (nSPS) is 12.9. The third kappa shape index (κ3) is 1.61. The zero-order valence-electron chi connectivity index (χ0n) is 6.80. The standard InChI is InChI=1S/C7H6F5N2/c1-2-13-3-4-14(5-13)7(11,12)6(8,9)10/h2-5H,1H2/q+1. The molecule has 0 aliphatic heterocycles. The van der Waals surface area contributed by atoms with Crippen LogP contribution in [0.1, 0.15) is 0 Å². The van der Waals surface area contributed by atoms with Gasteiger partial charge in [0.2, 0.25) is 0 Å². The van der Waals surface area contributed by atoms with Crippen molar-refractivity contribution in [3.05, 3.63) is 25.3 Å². The molecule has 0 bridgehead atoms. The zero-order valence-corrected chi connectivity index (χ0v) is 6.80. The van der Waals surface area contributed by atoms with Crippen molar-refractivity contribution in [2.45, 2.75) is 12.2 Å². The van der Waals surface area contributed by atoms with Crippen LogP contribution in [0.5, 0.6) is 0 Å². The van der Waals surface area contributed by atoms with E-state index in [1.54, 1.807) is 0 Å². The Morgan fingerprint density at radius 1 is 1.21 bits per heavy atom. The van der Waals surface area contributed by atoms with E-state index in [-0.39, 0.29) is 4.57 Å². The average molecular weight is 213 g/mol. The minimum atomic E-state index is -5.61. The molecule has 1 rings (SSSR count). The molecule has 0 amide bonds. The minimum Gasteiger partial charge on any atom is -0.210 e. The molecule has 0 unspecified atom stereocenters. The lowest BCUT2D eigenvalue weighted by Crippen LogP contribution is -2.57. The van der Waals surface area contributed by atoms with Gasteiger partial charge in [-0.1, -0.05) is 6.58 Å². The van der Waals surface area contributed by atoms with Crippen LogP contribution in [0.2, 0.25) is 0 Å². The maximum atomic E-state index is 12.6. The van der Waals surface area contributed by atoms with Crippen molar-refractivity contribution in [2.24, 2.45) is 0 Å². The summed E-state index contributed by atoms with van der Waals surface area (Å²) in [5.74, 6) is 0. The van der Waals surface area contributed by atoms with E-state index in [2.05, 4.69) is 6.58 Å². The molecule has 1 aromatic rings. The van der Waals surface area contributed by atoms with Gasteiger partial charge in [-0.25, -0.2) is 4.57 Å². The lowest BCUT2D eigenvalue weighted by Gasteiger charge is -2.14. The van der Waals surface area contributed by atoms with Crippen LogP contribution in [0.3, 0.4) is 0 Å². The van der Waals surface area contributed by atoms with E-state index >= 15 is 0 Å². The van der Waals surface area contributed by atoms with Crippen LogP contribution in [-0.4, -0.2) is 10.7 Å². The van der Waals surface area contributed by atoms with E-state index in [9.17, 15) is 22.0 Å². The molecule has 1 aromatic heterocycles. The Labute approximate surface area is 75.9 Å². The molecular weight excluding hydrogens is 207 g/mol. The van der Waals surface area contributed by atoms with Gasteiger partial charge in [-0.3, -0.25) is 0 Å². The van der Waals surface area contributed by atoms with Crippen molar-refractivity contribution in [1.29, 1.82) is 0 Å². The summed E-state index contributed by atoms with van der Waals surface area (Å²) in [6.45, 7) is 3.21. The van der Waals surface area contributed by atoms with Crippen LogP contribution >= 0.6 is 0 Å². The summed E-state index contributed by atoms with van der Waals surface area (Å²) in [6, 6.07) is -4.90. The number of alkyl halides is 5. The van der Waals surface area contributed by atoms with E-state index in [1.807, 2.05) is 0 Å². The lowest BCUT2D eigenvalue weighted by atomic mass is 10.5. The van der Waals surface area contributed by atoms with Crippen molar-refractivity contribution < 1.29 is 26.5 Å². The molecule has 0 saturated heterocycles. The first kappa shape index (κ1) is 10.7. The molecule has 14 heavy (non-hydrogen) atoms. The molecule has 7 heteroatoms. The summed E-state index contributed by atoms with van der Waals surface area (Å²) in [7, 11) is 0. The Morgan fingerprint density at radius 3 is 2.14 bits per heavy atom. The Morgan fingerprint density at radius 2 is 1.79 bits per heavy atom. The van der Waals surface area contributed by atoms with Gasteiger partial charge in [0, 0.05) is 0 Å². The fourth-order valence-electron chi connectivity index (χ4n) is 0.790. The second-order valence-electron chi connectivity index (χ2n) is 2.49. The molecule has 2 nitrogen and oxygen atoms in total. The van der Waals surface area contributed by atoms with Gasteiger partial charge in [-0.15, -0.1) is 0 Å². The number of aromatic nitrogens is 2. The average Bonchev–Trinajstić information content (AvgIpc) is 2.49. The molecule has 0 spiro atoms. The van der Waals surface area contributed by atoms with E-state index in [0.717, 1.165) is 17.0 Å². The summed E-state index contributed by atoms with van der Waals surface area (Å²) in [6.07, 6.45) is -2.25. The van der Waals surface area contributed by atoms with Gasteiger partial charge < -0.3 is 0 Å². The molecule has 0 radical (unpaired) electrons. The number of imidazole rings is 1. The zero-order chi connectivity index (χ0) is 11.0. The third-order valence-electron chi connectivity index (χ3n) is 1.53. The number of hydrogen-bond donors (Lipinski definition) is 0. The Kier molecular flexibility index (Phi) is 2.34. The predicted octanol–water partition coefficient (Wildman–Crippen LogP) is 1.99. The van der Waals surface area contributed by atoms with Crippen LogP contribution in [0, 0.1) is 0 Å². The highest BCUT2D eigenvalue weighted by Crippen LogP contribution is 2.35. The van der Waals surface area contributed by atoms with Gasteiger partial charge in [0.05, 0.1) is 6.20 Å². The Balaban J connectivity index is 3.09. The molecule has 0 N–H and O–H groups in total. The second kappa shape index (κ2) is 3.07. The molecular formula is C7H6F5N2+. The van der Waals surface area contributed by atoms with Crippen molar-refractivity contribution >= 4 is 6.20 Å². The molecule has 78 valence electrons. The molecule has 0 aromatic carbocycles. The fraction of sp³-hybridized carbons (Fsp3) is 0.286. The SMILES string of the molecule is C=Cn1cc[n+](C(F)(F)C(F)(F)F)c1. The van der Waals surface area contributed by atoms with E-state index in [1.165, 1.54) is 0 Å². The lowest BCUT2D eigenvalue weighted by molar-refractivity contribution is -0.850. The Hall–Kier alpha value is -1.40. The maximum absolute atomic E-state index is 12.6. The first-order valence-corrected chi connectivity index (χ1v) is 3.45. The molecule has 0 aliphatic rings. The van der Waals surface area contributed by atoms with Crippen molar-refractivity contribution in [2.75, 3.05) is 0 Å². The number of hydrogen-bond acceptors (Lipinski definition) is 0. The first-order valence-electron chi connectivity index (χ1n) is 3.45. The highest BCUT2D eigenvalue weighted by atomic mass is 19.4. The van der Waals surface area contributed by atoms with E-state index in [0.29, 0.717) is 12.5 Å². The summed E-state index contributed by atoms with van der Waals surface area (Å²) < 4.78 is 61.4. The summed E-state index contributed by atoms with van der Waals surface area (Å²) in [5, 5.41) is 0. The number of halogens is 5. The van der Waals surface area contributed by atoms with Gasteiger partial charge in [-0.2, -0.15) is 26.5 Å². The predicted molar refractivity (Wildman–Crippen MR) is 37.3 cm³/mol. The molecule has 0 atom stereocenters. The van der Waals surface area contributed by atoms with Crippen LogP contribution in [-0.2, 0) is 6.05 Å². The van der Waals surface area contributed by atoms with Gasteiger partial charge >= 0.3 is 12.2 Å². The summed E-state index contributed by atoms with van der Waals surface area (Å²) >= 11 is 0. The monoisotopic (exact) mass is 213 g/mol. The largest absolute Gasteiger partial charge is 0.500 e. The van der Waals surface area contributed by atoms with Crippen molar-refractivity contribution in [1.82, 2.24) is 4.57 Å². The maximum Gasteiger partial charge on any atom is 0.500 e. The fourth-order valence-corrected chi connectivity index (χ4v) is 0.790. The molecule has 0 fully saturated rings. The van der Waals surface area contributed by atoms with E-state index < -0.39 is 12.2 Å². The second-order valence-corrected chi connectivity index (χ2v) is 2.49. The highest BCUT2D eigenvalue weighted by molar-refractivity contribution is 5.13. The smallest absolute Gasteiger partial charge is 0.210 e. The van der Waals surface area contributed by atoms with Crippen LogP contribution in [0.15, 0.2) is 25.3 Å².